The Hall–Kier alpha value is -2.08. The molecular weight excluding hydrogens is 298 g/mol. The van der Waals surface area contributed by atoms with Gasteiger partial charge in [0, 0.05) is 12.1 Å². The summed E-state index contributed by atoms with van der Waals surface area (Å²) in [5, 5.41) is 3.45. The van der Waals surface area contributed by atoms with Crippen LogP contribution in [0.4, 0.5) is 0 Å². The lowest BCUT2D eigenvalue weighted by atomic mass is 9.88. The number of nitrogens with one attached hydrogen (secondary N) is 1. The van der Waals surface area contributed by atoms with Crippen LogP contribution in [-0.2, 0) is 9.47 Å². The molecule has 0 aliphatic heterocycles. The highest BCUT2D eigenvalue weighted by Gasteiger charge is 2.31. The van der Waals surface area contributed by atoms with Crippen LogP contribution in [0.1, 0.15) is 47.4 Å². The minimum Gasteiger partial charge on any atom is -0.490 e. The van der Waals surface area contributed by atoms with Gasteiger partial charge in [0.25, 0.3) is 0 Å². The van der Waals surface area contributed by atoms with E-state index < -0.39 is 11.9 Å². The van der Waals surface area contributed by atoms with Gasteiger partial charge in [0.05, 0.1) is 25.3 Å². The molecule has 1 aromatic carbocycles. The highest BCUT2D eigenvalue weighted by atomic mass is 16.5. The summed E-state index contributed by atoms with van der Waals surface area (Å²) in [5.74, 6) is -0.628. The third-order valence-electron chi connectivity index (χ3n) is 3.77. The molecule has 23 heavy (non-hydrogen) atoms. The summed E-state index contributed by atoms with van der Waals surface area (Å²) < 4.78 is 15.3. The zero-order valence-corrected chi connectivity index (χ0v) is 13.9. The van der Waals surface area contributed by atoms with Gasteiger partial charge in [-0.25, -0.2) is 9.59 Å². The molecule has 1 saturated carbocycles. The summed E-state index contributed by atoms with van der Waals surface area (Å²) in [7, 11) is 2.54. The predicted molar refractivity (Wildman–Crippen MR) is 84.8 cm³/mol. The van der Waals surface area contributed by atoms with Gasteiger partial charge in [-0.3, -0.25) is 0 Å². The second kappa shape index (κ2) is 7.46. The van der Waals surface area contributed by atoms with Crippen molar-refractivity contribution in [2.24, 2.45) is 0 Å². The molecule has 0 amide bonds. The molecule has 0 unspecified atom stereocenters. The van der Waals surface area contributed by atoms with Gasteiger partial charge in [0.1, 0.15) is 11.9 Å². The summed E-state index contributed by atoms with van der Waals surface area (Å²) in [5.41, 5.74) is 0.313. The number of rotatable bonds is 6. The first-order valence-electron chi connectivity index (χ1n) is 7.68. The summed E-state index contributed by atoms with van der Waals surface area (Å²) in [6.07, 6.45) is 1.95. The largest absolute Gasteiger partial charge is 0.490 e. The normalized spacial score (nSPS) is 19.9. The van der Waals surface area contributed by atoms with E-state index in [9.17, 15) is 9.59 Å². The second-order valence-electron chi connectivity index (χ2n) is 5.92. The van der Waals surface area contributed by atoms with Gasteiger partial charge in [0.2, 0.25) is 0 Å². The Labute approximate surface area is 136 Å². The molecule has 0 aromatic heterocycles. The molecule has 0 saturated heterocycles. The maximum absolute atomic E-state index is 11.9. The van der Waals surface area contributed by atoms with E-state index >= 15 is 0 Å². The van der Waals surface area contributed by atoms with Crippen molar-refractivity contribution in [2.45, 2.75) is 44.9 Å². The number of ether oxygens (including phenoxy) is 3. The van der Waals surface area contributed by atoms with E-state index in [2.05, 4.69) is 23.9 Å². The van der Waals surface area contributed by atoms with Crippen LogP contribution in [0, 0.1) is 0 Å². The summed E-state index contributed by atoms with van der Waals surface area (Å²) >= 11 is 0. The van der Waals surface area contributed by atoms with Crippen molar-refractivity contribution in [2.75, 3.05) is 14.2 Å². The highest BCUT2D eigenvalue weighted by Crippen LogP contribution is 2.28. The highest BCUT2D eigenvalue weighted by molar-refractivity contribution is 6.03. The Bertz CT molecular complexity index is 578. The lowest BCUT2D eigenvalue weighted by Gasteiger charge is -2.37. The fraction of sp³-hybridized carbons (Fsp3) is 0.529. The molecule has 0 radical (unpaired) electrons. The third-order valence-corrected chi connectivity index (χ3v) is 3.77. The molecular formula is C17H23NO5. The van der Waals surface area contributed by atoms with Crippen LogP contribution in [-0.4, -0.2) is 44.3 Å². The Morgan fingerprint density at radius 1 is 1.09 bits per heavy atom. The standard InChI is InChI=1S/C17H23NO5/c1-10(2)18-11-7-13(8-11)23-12-5-6-14(16(19)21-3)15(9-12)17(20)22-4/h5-6,9-11,13,18H,7-8H2,1-4H3. The maximum atomic E-state index is 11.9. The van der Waals surface area contributed by atoms with Crippen molar-refractivity contribution < 1.29 is 23.8 Å². The maximum Gasteiger partial charge on any atom is 0.338 e. The van der Waals surface area contributed by atoms with Crippen molar-refractivity contribution in [1.82, 2.24) is 5.32 Å². The van der Waals surface area contributed by atoms with Gasteiger partial charge < -0.3 is 19.5 Å². The number of esters is 2. The zero-order chi connectivity index (χ0) is 17.0. The Balaban J connectivity index is 2.06. The molecule has 2 rings (SSSR count). The average Bonchev–Trinajstić information content (AvgIpc) is 2.50. The van der Waals surface area contributed by atoms with Crippen LogP contribution < -0.4 is 10.1 Å². The van der Waals surface area contributed by atoms with Crippen molar-refractivity contribution in [1.29, 1.82) is 0 Å². The Kier molecular flexibility index (Phi) is 5.60. The molecule has 0 spiro atoms. The molecule has 1 aliphatic rings. The van der Waals surface area contributed by atoms with Crippen LogP contribution in [0.25, 0.3) is 0 Å². The second-order valence-corrected chi connectivity index (χ2v) is 5.92. The van der Waals surface area contributed by atoms with Gasteiger partial charge in [-0.15, -0.1) is 0 Å². The molecule has 0 atom stereocenters. The van der Waals surface area contributed by atoms with Gasteiger partial charge in [-0.2, -0.15) is 0 Å². The van der Waals surface area contributed by atoms with E-state index in [0.717, 1.165) is 12.8 Å². The monoisotopic (exact) mass is 321 g/mol. The Morgan fingerprint density at radius 3 is 2.26 bits per heavy atom. The minimum atomic E-state index is -0.594. The number of carbonyl (C=O) groups excluding carboxylic acids is 2. The topological polar surface area (TPSA) is 73.9 Å². The number of methoxy groups -OCH3 is 2. The molecule has 0 bridgehead atoms. The first-order chi connectivity index (χ1) is 10.9. The first kappa shape index (κ1) is 17.3. The molecule has 1 fully saturated rings. The third kappa shape index (κ3) is 4.22. The predicted octanol–water partition coefficient (Wildman–Crippen LogP) is 2.17. The van der Waals surface area contributed by atoms with Gasteiger partial charge in [-0.1, -0.05) is 13.8 Å². The van der Waals surface area contributed by atoms with Crippen LogP contribution in [0.2, 0.25) is 0 Å². The minimum absolute atomic E-state index is 0.112. The number of hydrogen-bond acceptors (Lipinski definition) is 6. The fourth-order valence-corrected chi connectivity index (χ4v) is 2.63. The molecule has 0 heterocycles. The van der Waals surface area contributed by atoms with Gasteiger partial charge in [0.15, 0.2) is 0 Å². The summed E-state index contributed by atoms with van der Waals surface area (Å²) in [6, 6.07) is 5.64. The molecule has 1 aliphatic carbocycles. The van der Waals surface area contributed by atoms with Crippen LogP contribution in [0.3, 0.4) is 0 Å². The first-order valence-corrected chi connectivity index (χ1v) is 7.68. The quantitative estimate of drug-likeness (QED) is 0.810. The number of hydrogen-bond donors (Lipinski definition) is 1. The lowest BCUT2D eigenvalue weighted by Crippen LogP contribution is -2.49. The van der Waals surface area contributed by atoms with Crippen molar-refractivity contribution in [3.05, 3.63) is 29.3 Å². The smallest absolute Gasteiger partial charge is 0.338 e. The van der Waals surface area contributed by atoms with E-state index in [1.807, 2.05) is 0 Å². The van der Waals surface area contributed by atoms with Crippen LogP contribution >= 0.6 is 0 Å². The van der Waals surface area contributed by atoms with Crippen molar-refractivity contribution in [3.63, 3.8) is 0 Å². The zero-order valence-electron chi connectivity index (χ0n) is 13.9. The molecule has 6 nitrogen and oxygen atoms in total. The molecule has 1 aromatic rings. The van der Waals surface area contributed by atoms with Crippen molar-refractivity contribution >= 4 is 11.9 Å². The number of benzene rings is 1. The van der Waals surface area contributed by atoms with E-state index in [0.29, 0.717) is 17.8 Å². The summed E-state index contributed by atoms with van der Waals surface area (Å²) in [6.45, 7) is 4.23. The van der Waals surface area contributed by atoms with Gasteiger partial charge >= 0.3 is 11.9 Å². The van der Waals surface area contributed by atoms with Gasteiger partial charge in [-0.05, 0) is 31.0 Å². The van der Waals surface area contributed by atoms with E-state index in [-0.39, 0.29) is 17.2 Å². The lowest BCUT2D eigenvalue weighted by molar-refractivity contribution is 0.0552. The van der Waals surface area contributed by atoms with E-state index in [1.165, 1.54) is 26.4 Å². The van der Waals surface area contributed by atoms with E-state index in [4.69, 9.17) is 9.47 Å². The molecule has 6 heteroatoms. The van der Waals surface area contributed by atoms with E-state index in [1.54, 1.807) is 6.07 Å². The molecule has 126 valence electrons. The Morgan fingerprint density at radius 2 is 1.70 bits per heavy atom. The SMILES string of the molecule is COC(=O)c1ccc(OC2CC(NC(C)C)C2)cc1C(=O)OC. The van der Waals surface area contributed by atoms with Crippen LogP contribution in [0.15, 0.2) is 18.2 Å². The average molecular weight is 321 g/mol. The summed E-state index contributed by atoms with van der Waals surface area (Å²) in [4.78, 5) is 23.6. The fourth-order valence-electron chi connectivity index (χ4n) is 2.63. The molecule has 1 N–H and O–H groups in total. The van der Waals surface area contributed by atoms with Crippen LogP contribution in [0.5, 0.6) is 5.75 Å². The van der Waals surface area contributed by atoms with Crippen molar-refractivity contribution in [3.8, 4) is 5.75 Å². The number of carbonyl (C=O) groups is 2.